The van der Waals surface area contributed by atoms with Gasteiger partial charge in [0.2, 0.25) is 0 Å². The first-order valence-electron chi connectivity index (χ1n) is 5.77. The lowest BCUT2D eigenvalue weighted by Crippen LogP contribution is -2.38. The number of para-hydroxylation sites is 1. The fourth-order valence-electron chi connectivity index (χ4n) is 1.39. The van der Waals surface area contributed by atoms with E-state index in [9.17, 15) is 9.59 Å². The highest BCUT2D eigenvalue weighted by Crippen LogP contribution is 2.28. The van der Waals surface area contributed by atoms with Crippen molar-refractivity contribution in [3.8, 4) is 5.75 Å². The van der Waals surface area contributed by atoms with Crippen molar-refractivity contribution >= 4 is 28.1 Å². The SMILES string of the molecule is COCCNC(=O)C(C)Oc1c(Br)cccc1C=O. The normalized spacial score (nSPS) is 11.7. The molecule has 1 aromatic rings. The Kier molecular flexibility index (Phi) is 6.52. The number of nitrogens with one attached hydrogen (secondary N) is 1. The summed E-state index contributed by atoms with van der Waals surface area (Å²) in [7, 11) is 1.56. The van der Waals surface area contributed by atoms with Crippen LogP contribution in [0.2, 0.25) is 0 Å². The number of hydrogen-bond acceptors (Lipinski definition) is 4. The number of halogens is 1. The number of benzene rings is 1. The zero-order valence-electron chi connectivity index (χ0n) is 10.8. The van der Waals surface area contributed by atoms with E-state index in [4.69, 9.17) is 9.47 Å². The Balaban J connectivity index is 2.68. The number of rotatable bonds is 7. The molecule has 0 bridgehead atoms. The van der Waals surface area contributed by atoms with Gasteiger partial charge in [-0.25, -0.2) is 0 Å². The first-order valence-corrected chi connectivity index (χ1v) is 6.56. The molecular weight excluding hydrogens is 314 g/mol. The molecule has 5 nitrogen and oxygen atoms in total. The van der Waals surface area contributed by atoms with Crippen LogP contribution in [0, 0.1) is 0 Å². The van der Waals surface area contributed by atoms with E-state index in [1.54, 1.807) is 32.2 Å². The van der Waals surface area contributed by atoms with Crippen molar-refractivity contribution in [1.82, 2.24) is 5.32 Å². The Bertz CT molecular complexity index is 450. The van der Waals surface area contributed by atoms with Gasteiger partial charge in [0.25, 0.3) is 5.91 Å². The minimum atomic E-state index is -0.700. The third-order valence-electron chi connectivity index (χ3n) is 2.39. The van der Waals surface area contributed by atoms with Gasteiger partial charge in [-0.05, 0) is 35.0 Å². The summed E-state index contributed by atoms with van der Waals surface area (Å²) >= 11 is 3.29. The van der Waals surface area contributed by atoms with Gasteiger partial charge < -0.3 is 14.8 Å². The van der Waals surface area contributed by atoms with E-state index in [1.807, 2.05) is 0 Å². The smallest absolute Gasteiger partial charge is 0.260 e. The van der Waals surface area contributed by atoms with Crippen LogP contribution in [0.25, 0.3) is 0 Å². The molecule has 104 valence electrons. The Morgan fingerprint density at radius 2 is 2.26 bits per heavy atom. The number of carbonyl (C=O) groups excluding carboxylic acids is 2. The molecule has 6 heteroatoms. The molecule has 0 fully saturated rings. The quantitative estimate of drug-likeness (QED) is 0.612. The van der Waals surface area contributed by atoms with E-state index < -0.39 is 6.10 Å². The third kappa shape index (κ3) is 4.65. The molecular formula is C13H16BrNO4. The van der Waals surface area contributed by atoms with Crippen molar-refractivity contribution in [3.63, 3.8) is 0 Å². The van der Waals surface area contributed by atoms with Crippen LogP contribution in [0.4, 0.5) is 0 Å². The largest absolute Gasteiger partial charge is 0.479 e. The van der Waals surface area contributed by atoms with Crippen molar-refractivity contribution < 1.29 is 19.1 Å². The standard InChI is InChI=1S/C13H16BrNO4/c1-9(13(17)15-6-7-18-2)19-12-10(8-16)4-3-5-11(12)14/h3-5,8-9H,6-7H2,1-2H3,(H,15,17). The zero-order valence-corrected chi connectivity index (χ0v) is 12.4. The summed E-state index contributed by atoms with van der Waals surface area (Å²) < 4.78 is 11.0. The number of methoxy groups -OCH3 is 1. The summed E-state index contributed by atoms with van der Waals surface area (Å²) in [5, 5.41) is 2.67. The zero-order chi connectivity index (χ0) is 14.3. The van der Waals surface area contributed by atoms with E-state index >= 15 is 0 Å². The highest BCUT2D eigenvalue weighted by Gasteiger charge is 2.17. The van der Waals surface area contributed by atoms with E-state index in [0.717, 1.165) is 0 Å². The number of ether oxygens (including phenoxy) is 2. The number of carbonyl (C=O) groups is 2. The fourth-order valence-corrected chi connectivity index (χ4v) is 1.87. The molecule has 0 saturated heterocycles. The number of amides is 1. The molecule has 0 aromatic heterocycles. The maximum atomic E-state index is 11.7. The minimum Gasteiger partial charge on any atom is -0.479 e. The Morgan fingerprint density at radius 3 is 2.89 bits per heavy atom. The molecule has 19 heavy (non-hydrogen) atoms. The molecule has 1 amide bonds. The fraction of sp³-hybridized carbons (Fsp3) is 0.385. The molecule has 0 radical (unpaired) electrons. The summed E-state index contributed by atoms with van der Waals surface area (Å²) in [6, 6.07) is 5.10. The summed E-state index contributed by atoms with van der Waals surface area (Å²) in [5.74, 6) is 0.108. The van der Waals surface area contributed by atoms with E-state index in [2.05, 4.69) is 21.2 Å². The summed E-state index contributed by atoms with van der Waals surface area (Å²) in [6.07, 6.45) is -0.00964. The molecule has 0 saturated carbocycles. The van der Waals surface area contributed by atoms with Crippen molar-refractivity contribution in [3.05, 3.63) is 28.2 Å². The topological polar surface area (TPSA) is 64.6 Å². The lowest BCUT2D eigenvalue weighted by atomic mass is 10.2. The van der Waals surface area contributed by atoms with Gasteiger partial charge in [0, 0.05) is 13.7 Å². The number of aldehydes is 1. The predicted octanol–water partition coefficient (Wildman–Crippen LogP) is 1.79. The predicted molar refractivity (Wildman–Crippen MR) is 74.5 cm³/mol. The van der Waals surface area contributed by atoms with E-state index in [-0.39, 0.29) is 5.91 Å². The van der Waals surface area contributed by atoms with Gasteiger partial charge in [-0.1, -0.05) is 6.07 Å². The highest BCUT2D eigenvalue weighted by molar-refractivity contribution is 9.10. The molecule has 0 aliphatic heterocycles. The van der Waals surface area contributed by atoms with Crippen molar-refractivity contribution in [2.45, 2.75) is 13.0 Å². The molecule has 0 aliphatic carbocycles. The average molecular weight is 330 g/mol. The van der Waals surface area contributed by atoms with Gasteiger partial charge in [-0.15, -0.1) is 0 Å². The van der Waals surface area contributed by atoms with Gasteiger partial charge in [0.05, 0.1) is 16.6 Å². The van der Waals surface area contributed by atoms with Gasteiger partial charge >= 0.3 is 0 Å². The van der Waals surface area contributed by atoms with Crippen molar-refractivity contribution in [2.75, 3.05) is 20.3 Å². The summed E-state index contributed by atoms with van der Waals surface area (Å²) in [6.45, 7) is 2.47. The minimum absolute atomic E-state index is 0.260. The van der Waals surface area contributed by atoms with E-state index in [1.165, 1.54) is 0 Å². The average Bonchev–Trinajstić information content (AvgIpc) is 2.41. The first kappa shape index (κ1) is 15.7. The third-order valence-corrected chi connectivity index (χ3v) is 3.02. The number of hydrogen-bond donors (Lipinski definition) is 1. The monoisotopic (exact) mass is 329 g/mol. The Hall–Kier alpha value is -1.40. The van der Waals surface area contributed by atoms with Crippen LogP contribution in [0.3, 0.4) is 0 Å². The van der Waals surface area contributed by atoms with Crippen LogP contribution in [-0.4, -0.2) is 38.6 Å². The second-order valence-electron chi connectivity index (χ2n) is 3.82. The molecule has 0 spiro atoms. The Labute approximate surface area is 120 Å². The molecule has 0 heterocycles. The molecule has 1 aromatic carbocycles. The summed E-state index contributed by atoms with van der Waals surface area (Å²) in [5.41, 5.74) is 0.394. The molecule has 1 unspecified atom stereocenters. The van der Waals surface area contributed by atoms with Crippen molar-refractivity contribution in [1.29, 1.82) is 0 Å². The molecule has 0 aliphatic rings. The summed E-state index contributed by atoms with van der Waals surface area (Å²) in [4.78, 5) is 22.7. The van der Waals surface area contributed by atoms with Gasteiger partial charge in [-0.3, -0.25) is 9.59 Å². The van der Waals surface area contributed by atoms with Crippen LogP contribution in [-0.2, 0) is 9.53 Å². The first-order chi connectivity index (χ1) is 9.10. The van der Waals surface area contributed by atoms with Crippen LogP contribution < -0.4 is 10.1 Å². The van der Waals surface area contributed by atoms with Crippen LogP contribution in [0.15, 0.2) is 22.7 Å². The second-order valence-corrected chi connectivity index (χ2v) is 4.67. The molecule has 1 N–H and O–H groups in total. The van der Waals surface area contributed by atoms with Crippen LogP contribution in [0.5, 0.6) is 5.75 Å². The van der Waals surface area contributed by atoms with Crippen LogP contribution in [0.1, 0.15) is 17.3 Å². The van der Waals surface area contributed by atoms with Crippen LogP contribution >= 0.6 is 15.9 Å². The lowest BCUT2D eigenvalue weighted by Gasteiger charge is -2.16. The highest BCUT2D eigenvalue weighted by atomic mass is 79.9. The Morgan fingerprint density at radius 1 is 1.53 bits per heavy atom. The van der Waals surface area contributed by atoms with Gasteiger partial charge in [0.15, 0.2) is 12.4 Å². The maximum Gasteiger partial charge on any atom is 0.260 e. The maximum absolute atomic E-state index is 11.7. The lowest BCUT2D eigenvalue weighted by molar-refractivity contribution is -0.127. The van der Waals surface area contributed by atoms with Gasteiger partial charge in [-0.2, -0.15) is 0 Å². The molecule has 1 rings (SSSR count). The van der Waals surface area contributed by atoms with E-state index in [0.29, 0.717) is 35.2 Å². The van der Waals surface area contributed by atoms with Gasteiger partial charge in [0.1, 0.15) is 5.75 Å². The molecule has 1 atom stereocenters. The van der Waals surface area contributed by atoms with Crippen molar-refractivity contribution in [2.24, 2.45) is 0 Å². The second kappa shape index (κ2) is 7.91.